The van der Waals surface area contributed by atoms with Crippen molar-refractivity contribution in [1.29, 1.82) is 0 Å². The second kappa shape index (κ2) is 6.88. The first-order valence-corrected chi connectivity index (χ1v) is 7.27. The Labute approximate surface area is 112 Å². The molecule has 0 amide bonds. The molecule has 1 fully saturated rings. The van der Waals surface area contributed by atoms with Gasteiger partial charge in [0.05, 0.1) is 11.7 Å². The predicted octanol–water partition coefficient (Wildman–Crippen LogP) is 3.15. The van der Waals surface area contributed by atoms with Crippen LogP contribution in [-0.4, -0.2) is 37.1 Å². The van der Waals surface area contributed by atoms with Gasteiger partial charge in [-0.05, 0) is 50.9 Å². The van der Waals surface area contributed by atoms with Gasteiger partial charge in [0.15, 0.2) is 0 Å². The van der Waals surface area contributed by atoms with Crippen LogP contribution in [0.1, 0.15) is 59.3 Å². The van der Waals surface area contributed by atoms with Gasteiger partial charge in [-0.15, -0.1) is 0 Å². The van der Waals surface area contributed by atoms with Crippen molar-refractivity contribution in [2.24, 2.45) is 5.41 Å². The fourth-order valence-electron chi connectivity index (χ4n) is 2.90. The van der Waals surface area contributed by atoms with E-state index in [-0.39, 0.29) is 11.7 Å². The number of ether oxygens (including phenoxy) is 2. The van der Waals surface area contributed by atoms with Crippen molar-refractivity contribution in [1.82, 2.24) is 0 Å². The molecular weight excluding hydrogens is 228 g/mol. The van der Waals surface area contributed by atoms with Gasteiger partial charge in [0.1, 0.15) is 0 Å². The van der Waals surface area contributed by atoms with Crippen molar-refractivity contribution >= 4 is 0 Å². The molecule has 0 saturated heterocycles. The van der Waals surface area contributed by atoms with Crippen LogP contribution in [0.2, 0.25) is 0 Å². The zero-order valence-electron chi connectivity index (χ0n) is 12.5. The highest BCUT2D eigenvalue weighted by Crippen LogP contribution is 2.44. The topological polar surface area (TPSA) is 38.7 Å². The van der Waals surface area contributed by atoms with Crippen LogP contribution in [0.15, 0.2) is 0 Å². The van der Waals surface area contributed by atoms with Crippen LogP contribution in [0.25, 0.3) is 0 Å². The Morgan fingerprint density at radius 2 is 1.78 bits per heavy atom. The first-order chi connectivity index (χ1) is 8.46. The predicted molar refractivity (Wildman–Crippen MR) is 73.7 cm³/mol. The maximum absolute atomic E-state index is 10.5. The average molecular weight is 258 g/mol. The summed E-state index contributed by atoms with van der Waals surface area (Å²) in [7, 11) is 1.70. The number of rotatable bonds is 7. The summed E-state index contributed by atoms with van der Waals surface area (Å²) in [6, 6.07) is 0. The highest BCUT2D eigenvalue weighted by atomic mass is 16.5. The van der Waals surface area contributed by atoms with Crippen molar-refractivity contribution in [2.45, 2.75) is 71.0 Å². The van der Waals surface area contributed by atoms with Gasteiger partial charge < -0.3 is 14.6 Å². The molecule has 1 rings (SSSR count). The van der Waals surface area contributed by atoms with Gasteiger partial charge in [0, 0.05) is 20.3 Å². The van der Waals surface area contributed by atoms with Crippen molar-refractivity contribution in [3.05, 3.63) is 0 Å². The Kier molecular flexibility index (Phi) is 6.09. The molecule has 1 unspecified atom stereocenters. The molecule has 1 aliphatic rings. The van der Waals surface area contributed by atoms with Crippen LogP contribution in [0.3, 0.4) is 0 Å². The van der Waals surface area contributed by atoms with E-state index in [4.69, 9.17) is 9.47 Å². The molecule has 0 heterocycles. The second-order valence-electron chi connectivity index (χ2n) is 6.31. The summed E-state index contributed by atoms with van der Waals surface area (Å²) in [6.07, 6.45) is 5.53. The van der Waals surface area contributed by atoms with Gasteiger partial charge in [0.2, 0.25) is 0 Å². The lowest BCUT2D eigenvalue weighted by molar-refractivity contribution is -0.154. The first kappa shape index (κ1) is 15.9. The Balaban J connectivity index is 2.57. The highest BCUT2D eigenvalue weighted by molar-refractivity contribution is 4.95. The highest BCUT2D eigenvalue weighted by Gasteiger charge is 2.43. The van der Waals surface area contributed by atoms with Crippen LogP contribution < -0.4 is 0 Å². The van der Waals surface area contributed by atoms with Gasteiger partial charge in [-0.2, -0.15) is 0 Å². The van der Waals surface area contributed by atoms with Crippen LogP contribution in [0.5, 0.6) is 0 Å². The monoisotopic (exact) mass is 258 g/mol. The van der Waals surface area contributed by atoms with E-state index in [9.17, 15) is 5.11 Å². The Morgan fingerprint density at radius 3 is 2.28 bits per heavy atom. The third-order valence-corrected chi connectivity index (χ3v) is 4.32. The van der Waals surface area contributed by atoms with Gasteiger partial charge in [0.25, 0.3) is 0 Å². The molecule has 0 aliphatic heterocycles. The molecule has 3 nitrogen and oxygen atoms in total. The number of hydrogen-bond acceptors (Lipinski definition) is 3. The third kappa shape index (κ3) is 4.22. The van der Waals surface area contributed by atoms with Gasteiger partial charge >= 0.3 is 0 Å². The molecule has 108 valence electrons. The van der Waals surface area contributed by atoms with E-state index in [0.717, 1.165) is 38.5 Å². The summed E-state index contributed by atoms with van der Waals surface area (Å²) in [5.74, 6) is 0. The zero-order valence-corrected chi connectivity index (χ0v) is 12.5. The molecule has 1 N–H and O–H groups in total. The van der Waals surface area contributed by atoms with E-state index >= 15 is 0 Å². The zero-order chi connectivity index (χ0) is 13.6. The van der Waals surface area contributed by atoms with Crippen LogP contribution in [-0.2, 0) is 9.47 Å². The summed E-state index contributed by atoms with van der Waals surface area (Å²) in [5.41, 5.74) is 0.0882. The van der Waals surface area contributed by atoms with Crippen molar-refractivity contribution in [3.63, 3.8) is 0 Å². The Hall–Kier alpha value is -0.120. The fourth-order valence-corrected chi connectivity index (χ4v) is 2.90. The molecule has 1 saturated carbocycles. The third-order valence-electron chi connectivity index (χ3n) is 4.32. The molecule has 0 aromatic heterocycles. The summed E-state index contributed by atoms with van der Waals surface area (Å²) < 4.78 is 11.0. The van der Waals surface area contributed by atoms with Crippen LogP contribution in [0, 0.1) is 5.41 Å². The summed E-state index contributed by atoms with van der Waals surface area (Å²) in [5, 5.41) is 10.5. The minimum absolute atomic E-state index is 0.308. The molecule has 0 radical (unpaired) electrons. The lowest BCUT2D eigenvalue weighted by Gasteiger charge is -2.46. The van der Waals surface area contributed by atoms with Crippen molar-refractivity contribution in [2.75, 3.05) is 20.3 Å². The lowest BCUT2D eigenvalue weighted by Crippen LogP contribution is -2.49. The first-order valence-electron chi connectivity index (χ1n) is 7.27. The van der Waals surface area contributed by atoms with Crippen LogP contribution in [0.4, 0.5) is 0 Å². The van der Waals surface area contributed by atoms with E-state index in [1.54, 1.807) is 7.11 Å². The minimum Gasteiger partial charge on any atom is -0.390 e. The van der Waals surface area contributed by atoms with E-state index in [2.05, 4.69) is 13.8 Å². The molecular formula is C15H30O3. The fraction of sp³-hybridized carbons (Fsp3) is 1.00. The van der Waals surface area contributed by atoms with E-state index < -0.39 is 0 Å². The molecule has 1 atom stereocenters. The Morgan fingerprint density at radius 1 is 1.17 bits per heavy atom. The lowest BCUT2D eigenvalue weighted by atomic mass is 9.68. The second-order valence-corrected chi connectivity index (χ2v) is 6.31. The SMILES string of the molecule is CCOC1(C(O)CCCOC)CCC(C)(C)CC1. The van der Waals surface area contributed by atoms with Gasteiger partial charge in [-0.1, -0.05) is 13.8 Å². The number of hydrogen-bond donors (Lipinski definition) is 1. The van der Waals surface area contributed by atoms with Gasteiger partial charge in [-0.25, -0.2) is 0 Å². The smallest absolute Gasteiger partial charge is 0.0940 e. The number of aliphatic hydroxyl groups is 1. The quantitative estimate of drug-likeness (QED) is 0.713. The summed E-state index contributed by atoms with van der Waals surface area (Å²) >= 11 is 0. The molecule has 18 heavy (non-hydrogen) atoms. The molecule has 1 aliphatic carbocycles. The molecule has 3 heteroatoms. The minimum atomic E-state index is -0.358. The standard InChI is InChI=1S/C15H30O3/c1-5-18-15(13(16)7-6-12-17-4)10-8-14(2,3)9-11-15/h13,16H,5-12H2,1-4H3. The maximum Gasteiger partial charge on any atom is 0.0940 e. The van der Waals surface area contributed by atoms with Crippen molar-refractivity contribution in [3.8, 4) is 0 Å². The number of aliphatic hydroxyl groups excluding tert-OH is 1. The molecule has 0 bridgehead atoms. The number of methoxy groups -OCH3 is 1. The summed E-state index contributed by atoms with van der Waals surface area (Å²) in [6.45, 7) is 8.02. The molecule has 0 aromatic carbocycles. The van der Waals surface area contributed by atoms with Gasteiger partial charge in [-0.3, -0.25) is 0 Å². The molecule has 0 spiro atoms. The van der Waals surface area contributed by atoms with E-state index in [0.29, 0.717) is 18.6 Å². The maximum atomic E-state index is 10.5. The van der Waals surface area contributed by atoms with E-state index in [1.807, 2.05) is 6.92 Å². The van der Waals surface area contributed by atoms with Crippen molar-refractivity contribution < 1.29 is 14.6 Å². The average Bonchev–Trinajstić information content (AvgIpc) is 2.33. The van der Waals surface area contributed by atoms with Crippen LogP contribution >= 0.6 is 0 Å². The largest absolute Gasteiger partial charge is 0.390 e. The molecule has 0 aromatic rings. The summed E-state index contributed by atoms with van der Waals surface area (Å²) in [4.78, 5) is 0. The normalized spacial score (nSPS) is 23.8. The Bertz CT molecular complexity index is 228. The van der Waals surface area contributed by atoms with E-state index in [1.165, 1.54) is 0 Å².